The van der Waals surface area contributed by atoms with Crippen molar-refractivity contribution in [3.63, 3.8) is 0 Å². The minimum absolute atomic E-state index is 3.66. The van der Waals surface area contributed by atoms with E-state index in [4.69, 9.17) is 23.2 Å². The van der Waals surface area contributed by atoms with Crippen molar-refractivity contribution in [2.45, 2.75) is 19.4 Å². The maximum atomic E-state index is 13.1. The highest BCUT2D eigenvalue weighted by Crippen LogP contribution is 2.59. The molecule has 0 radical (unpaired) electrons. The first-order valence-corrected chi connectivity index (χ1v) is 4.91. The molecule has 0 amide bonds. The third kappa shape index (κ3) is 2.58. The van der Waals surface area contributed by atoms with Crippen LogP contribution in [0.5, 0.6) is 0 Å². The zero-order valence-corrected chi connectivity index (χ0v) is 10.3. The van der Waals surface area contributed by atoms with E-state index < -0.39 is 19.4 Å². The van der Waals surface area contributed by atoms with Crippen LogP contribution in [-0.2, 0) is 0 Å². The summed E-state index contributed by atoms with van der Waals surface area (Å²) in [6, 6.07) is 0. The van der Waals surface area contributed by atoms with Gasteiger partial charge < -0.3 is 0 Å². The van der Waals surface area contributed by atoms with Crippen molar-refractivity contribution in [1.82, 2.24) is 0 Å². The van der Waals surface area contributed by atoms with Crippen LogP contribution in [0.1, 0.15) is 0 Å². The Balaban J connectivity index is 5.30. The summed E-state index contributed by atoms with van der Waals surface area (Å²) in [5, 5.41) is -9.15. The van der Waals surface area contributed by atoms with Crippen molar-refractivity contribution in [2.24, 2.45) is 0 Å². The molecule has 0 aromatic carbocycles. The molecule has 86 valence electrons. The van der Waals surface area contributed by atoms with E-state index in [1.54, 1.807) is 0 Å². The third-order valence-electron chi connectivity index (χ3n) is 1.11. The summed E-state index contributed by atoms with van der Waals surface area (Å²) in [4.78, 5) is 0. The summed E-state index contributed by atoms with van der Waals surface area (Å²) in [6.45, 7) is 0. The van der Waals surface area contributed by atoms with E-state index in [0.29, 0.717) is 0 Å². The molecule has 1 atom stereocenters. The van der Waals surface area contributed by atoms with Crippen LogP contribution in [0.15, 0.2) is 0 Å². The molecule has 0 bridgehead atoms. The van der Waals surface area contributed by atoms with Crippen LogP contribution in [0.25, 0.3) is 0 Å². The van der Waals surface area contributed by atoms with E-state index in [0.717, 1.165) is 0 Å². The zero-order chi connectivity index (χ0) is 12.0. The lowest BCUT2D eigenvalue weighted by Crippen LogP contribution is -2.56. The number of rotatable bonds is 3. The second-order valence-corrected chi connectivity index (χ2v) is 5.70. The Morgan fingerprint density at radius 3 is 1.00 bits per heavy atom. The molecule has 0 aliphatic carbocycles. The van der Waals surface area contributed by atoms with E-state index in [-0.39, 0.29) is 0 Å². The predicted octanol–water partition coefficient (Wildman–Crippen LogP) is 5.00. The molecule has 0 fully saturated rings. The number of hydrogen-bond donors (Lipinski definition) is 0. The first-order valence-electron chi connectivity index (χ1n) is 2.64. The fourth-order valence-electron chi connectivity index (χ4n) is 0.356. The minimum atomic E-state index is -4.76. The van der Waals surface area contributed by atoms with Crippen LogP contribution in [-0.4, -0.2) is 19.4 Å². The first-order chi connectivity index (χ1) is 5.75. The van der Waals surface area contributed by atoms with Gasteiger partial charge in [-0.1, -0.05) is 58.0 Å². The second-order valence-electron chi connectivity index (χ2n) is 2.14. The van der Waals surface area contributed by atoms with Gasteiger partial charge in [0.1, 0.15) is 0 Å². The number of hydrogen-bond acceptors (Lipinski definition) is 0. The van der Waals surface area contributed by atoms with Gasteiger partial charge in [0.2, 0.25) is 4.33 Å². The Morgan fingerprint density at radius 2 is 0.929 bits per heavy atom. The number of alkyl halides is 10. The van der Waals surface area contributed by atoms with Gasteiger partial charge in [-0.3, -0.25) is 0 Å². The van der Waals surface area contributed by atoms with E-state index in [1.165, 1.54) is 0 Å². The van der Waals surface area contributed by atoms with Gasteiger partial charge >= 0.3 is 5.38 Å². The average molecular weight is 337 g/mol. The zero-order valence-electron chi connectivity index (χ0n) is 5.78. The van der Waals surface area contributed by atoms with E-state index in [9.17, 15) is 17.6 Å². The van der Waals surface area contributed by atoms with Gasteiger partial charge in [-0.2, -0.15) is 8.78 Å². The Hall–Kier alpha value is 1.46. The molecule has 0 saturated carbocycles. The molecule has 0 aliphatic heterocycles. The molecule has 1 unspecified atom stereocenters. The highest BCUT2D eigenvalue weighted by molar-refractivity contribution is 6.64. The molecule has 0 nitrogen and oxygen atoms in total. The van der Waals surface area contributed by atoms with Crippen LogP contribution in [0.4, 0.5) is 17.6 Å². The lowest BCUT2D eigenvalue weighted by Gasteiger charge is -2.36. The standard InChI is InChI=1S/C4Cl6F4/c5-1(6,3(8,9)12)2(7,11)4(10,13)14. The third-order valence-corrected chi connectivity index (χ3v) is 4.17. The molecule has 0 aromatic heterocycles. The summed E-state index contributed by atoms with van der Waals surface area (Å²) in [7, 11) is 0. The van der Waals surface area contributed by atoms with Gasteiger partial charge in [-0.25, -0.2) is 8.78 Å². The van der Waals surface area contributed by atoms with E-state index >= 15 is 0 Å². The smallest absolute Gasteiger partial charge is 0.214 e. The highest BCUT2D eigenvalue weighted by Gasteiger charge is 2.73. The Morgan fingerprint density at radius 1 is 0.643 bits per heavy atom. The molecule has 0 spiro atoms. The van der Waals surface area contributed by atoms with Crippen molar-refractivity contribution in [1.29, 1.82) is 0 Å². The summed E-state index contributed by atoms with van der Waals surface area (Å²) >= 11 is 27.7. The van der Waals surface area contributed by atoms with Crippen molar-refractivity contribution >= 4 is 69.6 Å². The SMILES string of the molecule is FC(F)(Cl)C(F)(Cl)C(Cl)(Cl)C(F)(Cl)Cl. The fourth-order valence-corrected chi connectivity index (χ4v) is 1.32. The highest BCUT2D eigenvalue weighted by atomic mass is 35.5. The summed E-state index contributed by atoms with van der Waals surface area (Å²) in [5.74, 6) is 0. The number of halogens is 10. The van der Waals surface area contributed by atoms with Crippen LogP contribution in [0.2, 0.25) is 0 Å². The first kappa shape index (κ1) is 15.5. The van der Waals surface area contributed by atoms with Gasteiger partial charge in [0.05, 0.1) is 0 Å². The fraction of sp³-hybridized carbons (Fsp3) is 1.00. The lowest BCUT2D eigenvalue weighted by atomic mass is 10.2. The molecular weight excluding hydrogens is 337 g/mol. The Bertz CT molecular complexity index is 191. The van der Waals surface area contributed by atoms with Crippen LogP contribution < -0.4 is 0 Å². The maximum Gasteiger partial charge on any atom is 0.372 e. The Kier molecular flexibility index (Phi) is 4.46. The quantitative estimate of drug-likeness (QED) is 0.502. The van der Waals surface area contributed by atoms with Gasteiger partial charge in [0.15, 0.2) is 0 Å². The normalized spacial score (nSPS) is 19.3. The average Bonchev–Trinajstić information content (AvgIpc) is 1.81. The molecule has 14 heavy (non-hydrogen) atoms. The Labute approximate surface area is 106 Å². The summed E-state index contributed by atoms with van der Waals surface area (Å²) in [5.41, 5.74) is 0. The summed E-state index contributed by atoms with van der Waals surface area (Å²) < 4.78 is 43.1. The molecule has 0 aliphatic rings. The molecular formula is C4Cl6F4. The van der Waals surface area contributed by atoms with Gasteiger partial charge in [-0.05, 0) is 11.6 Å². The minimum Gasteiger partial charge on any atom is -0.214 e. The second kappa shape index (κ2) is 4.04. The van der Waals surface area contributed by atoms with Crippen LogP contribution >= 0.6 is 69.6 Å². The van der Waals surface area contributed by atoms with E-state index in [2.05, 4.69) is 46.4 Å². The predicted molar refractivity (Wildman–Crippen MR) is 50.5 cm³/mol. The maximum absolute atomic E-state index is 13.1. The molecule has 0 N–H and O–H groups in total. The van der Waals surface area contributed by atoms with Crippen LogP contribution in [0.3, 0.4) is 0 Å². The van der Waals surface area contributed by atoms with Gasteiger partial charge in [0, 0.05) is 0 Å². The monoisotopic (exact) mass is 334 g/mol. The van der Waals surface area contributed by atoms with Crippen molar-refractivity contribution in [2.75, 3.05) is 0 Å². The van der Waals surface area contributed by atoms with E-state index in [1.807, 2.05) is 0 Å². The lowest BCUT2D eigenvalue weighted by molar-refractivity contribution is -0.0376. The van der Waals surface area contributed by atoms with Crippen LogP contribution in [0, 0.1) is 0 Å². The molecule has 0 saturated heterocycles. The molecule has 0 rings (SSSR count). The molecule has 0 aromatic rings. The summed E-state index contributed by atoms with van der Waals surface area (Å²) in [6.07, 6.45) is 0. The van der Waals surface area contributed by atoms with Gasteiger partial charge in [0.25, 0.3) is 9.72 Å². The van der Waals surface area contributed by atoms with Crippen molar-refractivity contribution in [3.05, 3.63) is 0 Å². The van der Waals surface area contributed by atoms with Gasteiger partial charge in [-0.15, -0.1) is 0 Å². The molecule has 0 heterocycles. The van der Waals surface area contributed by atoms with Crippen molar-refractivity contribution < 1.29 is 17.6 Å². The topological polar surface area (TPSA) is 0 Å². The molecule has 10 heteroatoms. The largest absolute Gasteiger partial charge is 0.372 e. The van der Waals surface area contributed by atoms with Crippen molar-refractivity contribution in [3.8, 4) is 0 Å².